The molecule has 110 valence electrons. The van der Waals surface area contributed by atoms with Crippen molar-refractivity contribution in [1.29, 1.82) is 0 Å². The molecule has 0 aliphatic carbocycles. The Morgan fingerprint density at radius 3 is 2.10 bits per heavy atom. The van der Waals surface area contributed by atoms with E-state index in [4.69, 9.17) is 11.6 Å². The largest absolute Gasteiger partial charge is 0.368 e. The minimum atomic E-state index is 0.776. The second-order valence-electron chi connectivity index (χ2n) is 4.98. The van der Waals surface area contributed by atoms with Gasteiger partial charge in [0.15, 0.2) is 0 Å². The quantitative estimate of drug-likeness (QED) is 0.779. The number of nitrogens with zero attached hydrogens (tertiary/aromatic N) is 4. The Labute approximate surface area is 137 Å². The smallest absolute Gasteiger partial charge is 0.225 e. The molecular formula is C15H16BrClN4. The van der Waals surface area contributed by atoms with Gasteiger partial charge in [-0.1, -0.05) is 27.5 Å². The van der Waals surface area contributed by atoms with Gasteiger partial charge in [0.05, 0.1) is 0 Å². The Kier molecular flexibility index (Phi) is 4.60. The number of hydrogen-bond donors (Lipinski definition) is 0. The molecule has 1 aromatic heterocycles. The molecule has 0 saturated carbocycles. The van der Waals surface area contributed by atoms with Crippen molar-refractivity contribution in [3.63, 3.8) is 0 Å². The summed E-state index contributed by atoms with van der Waals surface area (Å²) in [6.45, 7) is 3.78. The average molecular weight is 368 g/mol. The third kappa shape index (κ3) is 3.47. The van der Waals surface area contributed by atoms with Gasteiger partial charge < -0.3 is 9.80 Å². The van der Waals surface area contributed by atoms with Gasteiger partial charge in [0.2, 0.25) is 5.95 Å². The Morgan fingerprint density at radius 1 is 0.952 bits per heavy atom. The third-order valence-electron chi connectivity index (χ3n) is 3.60. The van der Waals surface area contributed by atoms with E-state index >= 15 is 0 Å². The molecule has 0 atom stereocenters. The summed E-state index contributed by atoms with van der Waals surface area (Å²) in [4.78, 5) is 13.5. The molecule has 0 amide bonds. The van der Waals surface area contributed by atoms with Gasteiger partial charge >= 0.3 is 0 Å². The molecule has 3 rings (SSSR count). The highest BCUT2D eigenvalue weighted by Crippen LogP contribution is 2.20. The van der Waals surface area contributed by atoms with Crippen molar-refractivity contribution in [2.45, 2.75) is 5.33 Å². The molecule has 1 aliphatic heterocycles. The Balaban J connectivity index is 1.62. The van der Waals surface area contributed by atoms with Gasteiger partial charge in [0, 0.05) is 54.6 Å². The van der Waals surface area contributed by atoms with Gasteiger partial charge in [-0.3, -0.25) is 0 Å². The second kappa shape index (κ2) is 6.62. The number of halogens is 2. The SMILES string of the molecule is Clc1ccc(N2CCN(c3ncc(CBr)cn3)CC2)cc1. The fourth-order valence-corrected chi connectivity index (χ4v) is 2.81. The highest BCUT2D eigenvalue weighted by molar-refractivity contribution is 9.08. The van der Waals surface area contributed by atoms with Crippen molar-refractivity contribution >= 4 is 39.2 Å². The van der Waals surface area contributed by atoms with Crippen LogP contribution in [0.4, 0.5) is 11.6 Å². The summed E-state index contributed by atoms with van der Waals surface area (Å²) in [5.41, 5.74) is 2.31. The summed E-state index contributed by atoms with van der Waals surface area (Å²) < 4.78 is 0. The molecular weight excluding hydrogens is 352 g/mol. The van der Waals surface area contributed by atoms with Crippen molar-refractivity contribution in [3.05, 3.63) is 47.2 Å². The lowest BCUT2D eigenvalue weighted by atomic mass is 10.2. The molecule has 6 heteroatoms. The number of alkyl halides is 1. The van der Waals surface area contributed by atoms with Gasteiger partial charge in [0.25, 0.3) is 0 Å². The molecule has 4 nitrogen and oxygen atoms in total. The van der Waals surface area contributed by atoms with Gasteiger partial charge in [0.1, 0.15) is 0 Å². The summed E-state index contributed by atoms with van der Waals surface area (Å²) >= 11 is 9.34. The van der Waals surface area contributed by atoms with Crippen LogP contribution in [0.25, 0.3) is 0 Å². The normalized spacial score (nSPS) is 15.3. The van der Waals surface area contributed by atoms with Crippen LogP contribution in [-0.2, 0) is 5.33 Å². The fraction of sp³-hybridized carbons (Fsp3) is 0.333. The first-order valence-electron chi connectivity index (χ1n) is 6.88. The molecule has 1 saturated heterocycles. The van der Waals surface area contributed by atoms with Crippen molar-refractivity contribution in [2.24, 2.45) is 0 Å². The van der Waals surface area contributed by atoms with Crippen LogP contribution < -0.4 is 9.80 Å². The van der Waals surface area contributed by atoms with Crippen LogP contribution in [0.15, 0.2) is 36.7 Å². The minimum Gasteiger partial charge on any atom is -0.368 e. The minimum absolute atomic E-state index is 0.776. The maximum atomic E-state index is 5.93. The lowest BCUT2D eigenvalue weighted by molar-refractivity contribution is 0.639. The zero-order valence-corrected chi connectivity index (χ0v) is 13.9. The van der Waals surface area contributed by atoms with Crippen LogP contribution in [-0.4, -0.2) is 36.1 Å². The predicted molar refractivity (Wildman–Crippen MR) is 90.5 cm³/mol. The van der Waals surface area contributed by atoms with E-state index in [0.29, 0.717) is 0 Å². The number of piperazine rings is 1. The highest BCUT2D eigenvalue weighted by Gasteiger charge is 2.19. The third-order valence-corrected chi connectivity index (χ3v) is 4.50. The Bertz CT molecular complexity index is 580. The molecule has 0 unspecified atom stereocenters. The standard InChI is InChI=1S/C15H16BrClN4/c16-9-12-10-18-15(19-11-12)21-7-5-20(6-8-21)14-3-1-13(17)2-4-14/h1-4,10-11H,5-9H2. The molecule has 0 spiro atoms. The number of anilines is 2. The summed E-state index contributed by atoms with van der Waals surface area (Å²) in [5.74, 6) is 0.815. The first-order valence-corrected chi connectivity index (χ1v) is 8.38. The van der Waals surface area contributed by atoms with Gasteiger partial charge in [-0.25, -0.2) is 9.97 Å². The average Bonchev–Trinajstić information content (AvgIpc) is 2.56. The lowest BCUT2D eigenvalue weighted by Gasteiger charge is -2.36. The molecule has 1 aromatic carbocycles. The first kappa shape index (κ1) is 14.6. The number of benzene rings is 1. The van der Waals surface area contributed by atoms with E-state index in [1.807, 2.05) is 24.5 Å². The van der Waals surface area contributed by atoms with E-state index in [-0.39, 0.29) is 0 Å². The molecule has 2 aromatic rings. The molecule has 1 fully saturated rings. The maximum absolute atomic E-state index is 5.93. The van der Waals surface area contributed by atoms with Crippen LogP contribution in [0.2, 0.25) is 5.02 Å². The van der Waals surface area contributed by atoms with Gasteiger partial charge in [-0.15, -0.1) is 0 Å². The maximum Gasteiger partial charge on any atom is 0.225 e. The van der Waals surface area contributed by atoms with Crippen LogP contribution >= 0.6 is 27.5 Å². The van der Waals surface area contributed by atoms with E-state index in [1.165, 1.54) is 5.69 Å². The highest BCUT2D eigenvalue weighted by atomic mass is 79.9. The Hall–Kier alpha value is -1.33. The Morgan fingerprint density at radius 2 is 1.52 bits per heavy atom. The van der Waals surface area contributed by atoms with E-state index in [0.717, 1.165) is 48.0 Å². The predicted octanol–water partition coefficient (Wildman–Crippen LogP) is 3.35. The summed E-state index contributed by atoms with van der Waals surface area (Å²) in [6.07, 6.45) is 3.76. The molecule has 2 heterocycles. The molecule has 0 N–H and O–H groups in total. The summed E-state index contributed by atoms with van der Waals surface area (Å²) in [7, 11) is 0. The summed E-state index contributed by atoms with van der Waals surface area (Å²) in [5, 5.41) is 1.56. The van der Waals surface area contributed by atoms with Crippen molar-refractivity contribution in [1.82, 2.24) is 9.97 Å². The number of hydrogen-bond acceptors (Lipinski definition) is 4. The molecule has 0 bridgehead atoms. The number of aromatic nitrogens is 2. The van der Waals surface area contributed by atoms with Gasteiger partial charge in [-0.05, 0) is 29.8 Å². The van der Waals surface area contributed by atoms with E-state index in [9.17, 15) is 0 Å². The second-order valence-corrected chi connectivity index (χ2v) is 5.97. The van der Waals surface area contributed by atoms with E-state index in [2.05, 4.69) is 47.8 Å². The van der Waals surface area contributed by atoms with Crippen LogP contribution in [0.5, 0.6) is 0 Å². The van der Waals surface area contributed by atoms with Crippen molar-refractivity contribution in [3.8, 4) is 0 Å². The van der Waals surface area contributed by atoms with E-state index in [1.54, 1.807) is 0 Å². The van der Waals surface area contributed by atoms with Crippen molar-refractivity contribution in [2.75, 3.05) is 36.0 Å². The molecule has 21 heavy (non-hydrogen) atoms. The molecule has 1 aliphatic rings. The fourth-order valence-electron chi connectivity index (χ4n) is 2.40. The van der Waals surface area contributed by atoms with Crippen LogP contribution in [0.3, 0.4) is 0 Å². The van der Waals surface area contributed by atoms with Gasteiger partial charge in [-0.2, -0.15) is 0 Å². The zero-order chi connectivity index (χ0) is 14.7. The first-order chi connectivity index (χ1) is 10.3. The van der Waals surface area contributed by atoms with Crippen LogP contribution in [0, 0.1) is 0 Å². The lowest BCUT2D eigenvalue weighted by Crippen LogP contribution is -2.47. The summed E-state index contributed by atoms with van der Waals surface area (Å²) in [6, 6.07) is 8.01. The number of rotatable bonds is 3. The van der Waals surface area contributed by atoms with E-state index < -0.39 is 0 Å². The topological polar surface area (TPSA) is 32.3 Å². The zero-order valence-electron chi connectivity index (χ0n) is 11.5. The van der Waals surface area contributed by atoms with Crippen molar-refractivity contribution < 1.29 is 0 Å². The molecule has 0 radical (unpaired) electrons. The monoisotopic (exact) mass is 366 g/mol. The van der Waals surface area contributed by atoms with Crippen LogP contribution in [0.1, 0.15) is 5.56 Å².